The molecule has 0 saturated heterocycles. The van der Waals surface area contributed by atoms with Crippen LogP contribution in [0.3, 0.4) is 0 Å². The van der Waals surface area contributed by atoms with Crippen molar-refractivity contribution in [1.82, 2.24) is 15.0 Å². The van der Waals surface area contributed by atoms with E-state index in [4.69, 9.17) is 0 Å². The Bertz CT molecular complexity index is 825. The van der Waals surface area contributed by atoms with Crippen LogP contribution in [0.4, 0.5) is 11.6 Å². The van der Waals surface area contributed by atoms with E-state index in [1.165, 1.54) is 0 Å². The van der Waals surface area contributed by atoms with Gasteiger partial charge < -0.3 is 10.4 Å². The standard InChI is InChI=1S/C17H18N4O/c1-10-5-4-6-13-8-14(9-22)17(21-16(10)13)20-15-7-11(2)18-12(3)19-15/h4-8,22H,9H2,1-3H3,(H,18,19,20,21). The zero-order chi connectivity index (χ0) is 15.7. The Morgan fingerprint density at radius 2 is 1.86 bits per heavy atom. The van der Waals surface area contributed by atoms with Crippen LogP contribution >= 0.6 is 0 Å². The number of nitrogens with one attached hydrogen (secondary N) is 1. The molecule has 0 radical (unpaired) electrons. The van der Waals surface area contributed by atoms with Crippen LogP contribution in [0.5, 0.6) is 0 Å². The van der Waals surface area contributed by atoms with Gasteiger partial charge in [-0.25, -0.2) is 15.0 Å². The number of aliphatic hydroxyl groups is 1. The van der Waals surface area contributed by atoms with Gasteiger partial charge in [-0.1, -0.05) is 18.2 Å². The predicted octanol–water partition coefficient (Wildman–Crippen LogP) is 3.19. The molecule has 0 amide bonds. The SMILES string of the molecule is Cc1cc(Nc2nc3c(C)cccc3cc2CO)nc(C)n1. The van der Waals surface area contributed by atoms with Gasteiger partial charge in [-0.15, -0.1) is 0 Å². The number of benzene rings is 1. The number of fused-ring (bicyclic) bond motifs is 1. The summed E-state index contributed by atoms with van der Waals surface area (Å²) >= 11 is 0. The topological polar surface area (TPSA) is 70.9 Å². The average molecular weight is 294 g/mol. The highest BCUT2D eigenvalue weighted by molar-refractivity contribution is 5.85. The number of hydrogen-bond acceptors (Lipinski definition) is 5. The number of pyridine rings is 1. The fourth-order valence-corrected chi connectivity index (χ4v) is 2.52. The highest BCUT2D eigenvalue weighted by Crippen LogP contribution is 2.25. The molecule has 3 rings (SSSR count). The molecule has 2 heterocycles. The molecule has 0 aliphatic rings. The van der Waals surface area contributed by atoms with Crippen molar-refractivity contribution in [2.45, 2.75) is 27.4 Å². The maximum Gasteiger partial charge on any atom is 0.137 e. The maximum atomic E-state index is 9.62. The summed E-state index contributed by atoms with van der Waals surface area (Å²) in [5.41, 5.74) is 3.65. The molecule has 0 unspecified atom stereocenters. The summed E-state index contributed by atoms with van der Waals surface area (Å²) in [5, 5.41) is 13.8. The highest BCUT2D eigenvalue weighted by Gasteiger charge is 2.09. The lowest BCUT2D eigenvalue weighted by molar-refractivity contribution is 0.282. The number of hydrogen-bond donors (Lipinski definition) is 2. The first kappa shape index (κ1) is 14.4. The first-order valence-electron chi connectivity index (χ1n) is 7.16. The van der Waals surface area contributed by atoms with Crippen molar-refractivity contribution in [2.75, 3.05) is 5.32 Å². The van der Waals surface area contributed by atoms with Crippen LogP contribution < -0.4 is 5.32 Å². The number of nitrogens with zero attached hydrogens (tertiary/aromatic N) is 3. The first-order chi connectivity index (χ1) is 10.6. The van der Waals surface area contributed by atoms with Crippen LogP contribution in [-0.2, 0) is 6.61 Å². The van der Waals surface area contributed by atoms with Crippen molar-refractivity contribution >= 4 is 22.5 Å². The van der Waals surface area contributed by atoms with E-state index < -0.39 is 0 Å². The molecule has 0 fully saturated rings. The lowest BCUT2D eigenvalue weighted by atomic mass is 10.1. The molecule has 2 N–H and O–H groups in total. The van der Waals surface area contributed by atoms with Crippen molar-refractivity contribution < 1.29 is 5.11 Å². The molecule has 0 spiro atoms. The second-order valence-electron chi connectivity index (χ2n) is 5.37. The molecule has 5 nitrogen and oxygen atoms in total. The molecular formula is C17H18N4O. The number of para-hydroxylation sites is 1. The Morgan fingerprint density at radius 3 is 2.59 bits per heavy atom. The predicted molar refractivity (Wildman–Crippen MR) is 87.2 cm³/mol. The molecule has 0 bridgehead atoms. The second-order valence-corrected chi connectivity index (χ2v) is 5.37. The van der Waals surface area contributed by atoms with Gasteiger partial charge in [0, 0.05) is 22.7 Å². The normalized spacial score (nSPS) is 10.9. The zero-order valence-electron chi connectivity index (χ0n) is 12.9. The van der Waals surface area contributed by atoms with Gasteiger partial charge in [0.25, 0.3) is 0 Å². The Balaban J connectivity index is 2.10. The van der Waals surface area contributed by atoms with Crippen molar-refractivity contribution in [1.29, 1.82) is 0 Å². The van der Waals surface area contributed by atoms with Crippen molar-refractivity contribution in [3.63, 3.8) is 0 Å². The van der Waals surface area contributed by atoms with E-state index in [0.29, 0.717) is 17.5 Å². The molecule has 0 atom stereocenters. The van der Waals surface area contributed by atoms with Gasteiger partial charge in [0.05, 0.1) is 12.1 Å². The van der Waals surface area contributed by atoms with Gasteiger partial charge >= 0.3 is 0 Å². The van der Waals surface area contributed by atoms with Crippen molar-refractivity contribution in [3.8, 4) is 0 Å². The van der Waals surface area contributed by atoms with E-state index in [9.17, 15) is 5.11 Å². The fourth-order valence-electron chi connectivity index (χ4n) is 2.52. The largest absolute Gasteiger partial charge is 0.392 e. The summed E-state index contributed by atoms with van der Waals surface area (Å²) in [7, 11) is 0. The second kappa shape index (κ2) is 5.69. The van der Waals surface area contributed by atoms with Gasteiger partial charge in [0.2, 0.25) is 0 Å². The summed E-state index contributed by atoms with van der Waals surface area (Å²) < 4.78 is 0. The minimum absolute atomic E-state index is 0.0811. The van der Waals surface area contributed by atoms with E-state index in [0.717, 1.165) is 27.7 Å². The highest BCUT2D eigenvalue weighted by atomic mass is 16.3. The Labute approximate surface area is 129 Å². The van der Waals surface area contributed by atoms with E-state index >= 15 is 0 Å². The van der Waals surface area contributed by atoms with E-state index in [-0.39, 0.29) is 6.61 Å². The monoisotopic (exact) mass is 294 g/mol. The van der Waals surface area contributed by atoms with Crippen molar-refractivity contribution in [3.05, 3.63) is 53.0 Å². The molecule has 2 aromatic heterocycles. The molecule has 0 aliphatic carbocycles. The lowest BCUT2D eigenvalue weighted by Crippen LogP contribution is -2.04. The minimum atomic E-state index is -0.0811. The molecule has 0 aliphatic heterocycles. The quantitative estimate of drug-likeness (QED) is 0.776. The average Bonchev–Trinajstić information content (AvgIpc) is 2.46. The molecule has 112 valence electrons. The number of aliphatic hydroxyl groups excluding tert-OH is 1. The summed E-state index contributed by atoms with van der Waals surface area (Å²) in [6.45, 7) is 5.72. The molecule has 5 heteroatoms. The van der Waals surface area contributed by atoms with E-state index in [1.807, 2.05) is 51.1 Å². The van der Waals surface area contributed by atoms with Crippen molar-refractivity contribution in [2.24, 2.45) is 0 Å². The van der Waals surface area contributed by atoms with Gasteiger partial charge in [-0.3, -0.25) is 0 Å². The number of anilines is 2. The third-order valence-electron chi connectivity index (χ3n) is 3.51. The Kier molecular flexibility index (Phi) is 3.73. The molecule has 1 aromatic carbocycles. The molecule has 3 aromatic rings. The molecule has 22 heavy (non-hydrogen) atoms. The number of aromatic nitrogens is 3. The van der Waals surface area contributed by atoms with Crippen LogP contribution in [0.1, 0.15) is 22.6 Å². The van der Waals surface area contributed by atoms with Crippen LogP contribution in [0, 0.1) is 20.8 Å². The Morgan fingerprint density at radius 1 is 1.05 bits per heavy atom. The first-order valence-corrected chi connectivity index (χ1v) is 7.16. The molecule has 0 saturated carbocycles. The van der Waals surface area contributed by atoms with Crippen LogP contribution in [-0.4, -0.2) is 20.1 Å². The minimum Gasteiger partial charge on any atom is -0.392 e. The summed E-state index contributed by atoms with van der Waals surface area (Å²) in [6.07, 6.45) is 0. The van der Waals surface area contributed by atoms with Crippen LogP contribution in [0.15, 0.2) is 30.3 Å². The molecular weight excluding hydrogens is 276 g/mol. The van der Waals surface area contributed by atoms with Gasteiger partial charge in [0.1, 0.15) is 17.5 Å². The van der Waals surface area contributed by atoms with Gasteiger partial charge in [-0.2, -0.15) is 0 Å². The fraction of sp³-hybridized carbons (Fsp3) is 0.235. The van der Waals surface area contributed by atoms with Gasteiger partial charge in [-0.05, 0) is 32.4 Å². The smallest absolute Gasteiger partial charge is 0.137 e. The third kappa shape index (κ3) is 2.76. The summed E-state index contributed by atoms with van der Waals surface area (Å²) in [5.74, 6) is 2.01. The lowest BCUT2D eigenvalue weighted by Gasteiger charge is -2.12. The summed E-state index contributed by atoms with van der Waals surface area (Å²) in [4.78, 5) is 13.3. The van der Waals surface area contributed by atoms with E-state index in [1.54, 1.807) is 0 Å². The maximum absolute atomic E-state index is 9.62. The van der Waals surface area contributed by atoms with Crippen LogP contribution in [0.25, 0.3) is 10.9 Å². The number of aryl methyl sites for hydroxylation is 3. The Hall–Kier alpha value is -2.53. The summed E-state index contributed by atoms with van der Waals surface area (Å²) in [6, 6.07) is 9.83. The number of rotatable bonds is 3. The van der Waals surface area contributed by atoms with E-state index in [2.05, 4.69) is 20.3 Å². The zero-order valence-corrected chi connectivity index (χ0v) is 12.9. The van der Waals surface area contributed by atoms with Crippen LogP contribution in [0.2, 0.25) is 0 Å². The van der Waals surface area contributed by atoms with Gasteiger partial charge in [0.15, 0.2) is 0 Å². The third-order valence-corrected chi connectivity index (χ3v) is 3.51.